The lowest BCUT2D eigenvalue weighted by Crippen LogP contribution is -2.58. The fourth-order valence-electron chi connectivity index (χ4n) is 3.44. The maximum Gasteiger partial charge on any atom is 0.315 e. The fraction of sp³-hybridized carbons (Fsp3) is 0.833. The van der Waals surface area contributed by atoms with Crippen LogP contribution in [0, 0.1) is 23.7 Å². The summed E-state index contributed by atoms with van der Waals surface area (Å²) in [4.78, 5) is 60.9. The van der Waals surface area contributed by atoms with E-state index < -0.39 is 49.2 Å². The first-order valence-electron chi connectivity index (χ1n) is 12.4. The van der Waals surface area contributed by atoms with Crippen LogP contribution < -0.4 is 16.0 Å². The number of rotatable bonds is 15. The number of amides is 3. The van der Waals surface area contributed by atoms with Gasteiger partial charge in [-0.2, -0.15) is 0 Å². The molecule has 1 unspecified atom stereocenters. The highest BCUT2D eigenvalue weighted by atomic mass is 31.2. The van der Waals surface area contributed by atoms with Crippen molar-refractivity contribution < 1.29 is 33.4 Å². The van der Waals surface area contributed by atoms with Gasteiger partial charge in [-0.05, 0) is 37.0 Å². The average molecular weight is 520 g/mol. The molecule has 0 saturated heterocycles. The first-order chi connectivity index (χ1) is 16.0. The van der Waals surface area contributed by atoms with Gasteiger partial charge >= 0.3 is 5.97 Å². The molecule has 11 heteroatoms. The molecule has 0 spiro atoms. The molecular weight excluding hydrogens is 473 g/mol. The van der Waals surface area contributed by atoms with Crippen molar-refractivity contribution in [2.45, 2.75) is 93.0 Å². The highest BCUT2D eigenvalue weighted by Crippen LogP contribution is 2.47. The van der Waals surface area contributed by atoms with Gasteiger partial charge in [0.1, 0.15) is 24.0 Å². The third-order valence-electron chi connectivity index (χ3n) is 5.26. The summed E-state index contributed by atoms with van der Waals surface area (Å²) in [5.74, 6) is -3.87. The van der Waals surface area contributed by atoms with Crippen molar-refractivity contribution in [3.63, 3.8) is 0 Å². The summed E-state index contributed by atoms with van der Waals surface area (Å²) in [6, 6.07) is -1.85. The molecule has 3 amide bonds. The summed E-state index contributed by atoms with van der Waals surface area (Å²) in [6.07, 6.45) is -0.278. The summed E-state index contributed by atoms with van der Waals surface area (Å²) < 4.78 is 17.8. The van der Waals surface area contributed by atoms with Gasteiger partial charge in [-0.15, -0.1) is 0 Å². The van der Waals surface area contributed by atoms with E-state index in [9.17, 15) is 28.6 Å². The molecule has 35 heavy (non-hydrogen) atoms. The van der Waals surface area contributed by atoms with Crippen molar-refractivity contribution in [2.24, 2.45) is 23.7 Å². The molecular formula is C24H46N3O7P. The van der Waals surface area contributed by atoms with Gasteiger partial charge in [-0.25, -0.2) is 0 Å². The van der Waals surface area contributed by atoms with Gasteiger partial charge in [-0.1, -0.05) is 55.4 Å². The predicted octanol–water partition coefficient (Wildman–Crippen LogP) is 2.64. The Bertz CT molecular complexity index is 768. The van der Waals surface area contributed by atoms with Crippen LogP contribution in [0.1, 0.15) is 75.2 Å². The zero-order valence-electron chi connectivity index (χ0n) is 22.7. The van der Waals surface area contributed by atoms with E-state index in [-0.39, 0.29) is 49.0 Å². The Kier molecular flexibility index (Phi) is 14.4. The van der Waals surface area contributed by atoms with Gasteiger partial charge in [0.2, 0.25) is 25.1 Å². The van der Waals surface area contributed by atoms with Crippen LogP contribution in [0.5, 0.6) is 0 Å². The quantitative estimate of drug-likeness (QED) is 0.192. The minimum Gasteiger partial charge on any atom is -0.466 e. The van der Waals surface area contributed by atoms with Gasteiger partial charge in [0.05, 0.1) is 6.61 Å². The van der Waals surface area contributed by atoms with Crippen LogP contribution in [-0.2, 0) is 28.5 Å². The van der Waals surface area contributed by atoms with Gasteiger partial charge in [0, 0.05) is 6.42 Å². The van der Waals surface area contributed by atoms with E-state index in [0.717, 1.165) is 0 Å². The summed E-state index contributed by atoms with van der Waals surface area (Å²) >= 11 is 0. The van der Waals surface area contributed by atoms with Crippen molar-refractivity contribution in [1.29, 1.82) is 0 Å². The standard InChI is InChI=1S/C24H46N3O7P/c1-10-34-20(29)13-35(32,33)19(12-15(4)5)26-23(30)22(17(8)9)27-24(31)21(16(6)7)25-18(28)11-14(2)3/h14-17,19,21-22H,10-13H2,1-9H3,(H,25,28)(H,26,30)(H,27,31)(H,32,33)/t19-,21+,22+/m1/s1. The van der Waals surface area contributed by atoms with E-state index in [1.807, 2.05) is 27.7 Å². The number of ether oxygens (including phenoxy) is 1. The molecule has 0 heterocycles. The zero-order valence-corrected chi connectivity index (χ0v) is 23.6. The molecule has 4 N–H and O–H groups in total. The van der Waals surface area contributed by atoms with Crippen molar-refractivity contribution in [2.75, 3.05) is 12.8 Å². The summed E-state index contributed by atoms with van der Waals surface area (Å²) in [5.41, 5.74) is 0. The molecule has 0 aromatic carbocycles. The van der Waals surface area contributed by atoms with Crippen molar-refractivity contribution in [3.05, 3.63) is 0 Å². The Balaban J connectivity index is 5.65. The highest BCUT2D eigenvalue weighted by molar-refractivity contribution is 7.59. The molecule has 0 rings (SSSR count). The predicted molar refractivity (Wildman–Crippen MR) is 136 cm³/mol. The molecule has 10 nitrogen and oxygen atoms in total. The van der Waals surface area contributed by atoms with Gasteiger partial charge < -0.3 is 25.6 Å². The zero-order chi connectivity index (χ0) is 27.5. The number of hydrogen-bond acceptors (Lipinski definition) is 6. The smallest absolute Gasteiger partial charge is 0.315 e. The Morgan fingerprint density at radius 3 is 1.71 bits per heavy atom. The van der Waals surface area contributed by atoms with Crippen LogP contribution in [0.2, 0.25) is 0 Å². The minimum absolute atomic E-state index is 0.0449. The van der Waals surface area contributed by atoms with Crippen LogP contribution in [-0.4, -0.2) is 59.2 Å². The van der Waals surface area contributed by atoms with E-state index in [1.165, 1.54) is 0 Å². The monoisotopic (exact) mass is 519 g/mol. The van der Waals surface area contributed by atoms with E-state index >= 15 is 0 Å². The molecule has 0 aliphatic rings. The van der Waals surface area contributed by atoms with Crippen LogP contribution in [0.15, 0.2) is 0 Å². The maximum absolute atomic E-state index is 13.2. The molecule has 0 bridgehead atoms. The highest BCUT2D eigenvalue weighted by Gasteiger charge is 2.38. The summed E-state index contributed by atoms with van der Waals surface area (Å²) in [7, 11) is -4.14. The van der Waals surface area contributed by atoms with Gasteiger partial charge in [0.25, 0.3) is 0 Å². The number of hydrogen-bond donors (Lipinski definition) is 4. The Hall–Kier alpha value is -1.93. The first-order valence-corrected chi connectivity index (χ1v) is 14.3. The third-order valence-corrected chi connectivity index (χ3v) is 7.28. The second-order valence-corrected chi connectivity index (χ2v) is 12.9. The Morgan fingerprint density at radius 2 is 1.29 bits per heavy atom. The Labute approximate surface area is 210 Å². The molecule has 0 radical (unpaired) electrons. The second-order valence-electron chi connectivity index (χ2n) is 10.5. The first kappa shape index (κ1) is 33.1. The molecule has 0 aliphatic heterocycles. The molecule has 4 atom stereocenters. The lowest BCUT2D eigenvalue weighted by molar-refractivity contribution is -0.140. The molecule has 204 valence electrons. The van der Waals surface area contributed by atoms with E-state index in [4.69, 9.17) is 4.74 Å². The maximum atomic E-state index is 13.2. The number of carbonyl (C=O) groups is 4. The number of esters is 1. The lowest BCUT2D eigenvalue weighted by atomic mass is 9.99. The average Bonchev–Trinajstić information content (AvgIpc) is 2.67. The number of carbonyl (C=O) groups excluding carboxylic acids is 4. The Morgan fingerprint density at radius 1 is 0.800 bits per heavy atom. The van der Waals surface area contributed by atoms with E-state index in [0.29, 0.717) is 0 Å². The molecule has 0 aromatic rings. The fourth-order valence-corrected chi connectivity index (χ4v) is 5.20. The molecule has 0 fully saturated rings. The summed E-state index contributed by atoms with van der Waals surface area (Å²) in [5, 5.41) is 8.03. The summed E-state index contributed by atoms with van der Waals surface area (Å²) in [6.45, 7) is 16.2. The second kappa shape index (κ2) is 15.2. The SMILES string of the molecule is CCOC(=O)CP(=O)(O)[C@H](CC(C)C)NC(=O)[C@@H](NC(=O)[C@@H](NC(=O)CC(C)C)C(C)C)C(C)C. The van der Waals surface area contributed by atoms with Crippen LogP contribution in [0.4, 0.5) is 0 Å². The largest absolute Gasteiger partial charge is 0.466 e. The van der Waals surface area contributed by atoms with Crippen molar-refractivity contribution in [1.82, 2.24) is 16.0 Å². The van der Waals surface area contributed by atoms with Crippen LogP contribution >= 0.6 is 7.37 Å². The van der Waals surface area contributed by atoms with Gasteiger partial charge in [0.15, 0.2) is 0 Å². The molecule has 0 aliphatic carbocycles. The third kappa shape index (κ3) is 12.5. The van der Waals surface area contributed by atoms with Crippen LogP contribution in [0.3, 0.4) is 0 Å². The van der Waals surface area contributed by atoms with Crippen LogP contribution in [0.25, 0.3) is 0 Å². The lowest BCUT2D eigenvalue weighted by Gasteiger charge is -2.30. The van der Waals surface area contributed by atoms with E-state index in [2.05, 4.69) is 16.0 Å². The molecule has 0 aromatic heterocycles. The van der Waals surface area contributed by atoms with Crippen molar-refractivity contribution in [3.8, 4) is 0 Å². The normalized spacial score (nSPS) is 15.9. The minimum atomic E-state index is -4.14. The van der Waals surface area contributed by atoms with Gasteiger partial charge in [-0.3, -0.25) is 23.7 Å². The topological polar surface area (TPSA) is 151 Å². The van der Waals surface area contributed by atoms with Crippen molar-refractivity contribution >= 4 is 31.1 Å². The number of nitrogens with one attached hydrogen (secondary N) is 3. The molecule has 0 saturated carbocycles. The van der Waals surface area contributed by atoms with E-state index in [1.54, 1.807) is 34.6 Å².